The molecule has 9 nitrogen and oxygen atoms in total. The van der Waals surface area contributed by atoms with E-state index in [1.807, 2.05) is 0 Å². The smallest absolute Gasteiger partial charge is 0.416 e. The molecule has 6 N–H and O–H groups in total. The fraction of sp³-hybridized carbons (Fsp3) is 0.160. The number of anilines is 4. The highest BCUT2D eigenvalue weighted by Gasteiger charge is 2.31. The summed E-state index contributed by atoms with van der Waals surface area (Å²) in [6, 6.07) is 12.3. The summed E-state index contributed by atoms with van der Waals surface area (Å²) in [7, 11) is 0. The van der Waals surface area contributed by atoms with Gasteiger partial charge >= 0.3 is 24.1 Å². The van der Waals surface area contributed by atoms with Crippen LogP contribution >= 0.6 is 0 Å². The summed E-state index contributed by atoms with van der Waals surface area (Å²) < 4.78 is 40.3. The first-order valence-corrected chi connectivity index (χ1v) is 10.9. The van der Waals surface area contributed by atoms with E-state index in [-0.39, 0.29) is 40.4 Å². The van der Waals surface area contributed by atoms with Crippen molar-refractivity contribution in [3.05, 3.63) is 82.9 Å². The van der Waals surface area contributed by atoms with Crippen molar-refractivity contribution in [2.24, 2.45) is 0 Å². The lowest BCUT2D eigenvalue weighted by Crippen LogP contribution is -2.34. The summed E-state index contributed by atoms with van der Waals surface area (Å²) in [5.74, 6) is -2.59. The van der Waals surface area contributed by atoms with Crippen molar-refractivity contribution in [2.75, 3.05) is 17.2 Å². The minimum absolute atomic E-state index is 0.0110. The number of carboxylic acid groups (broad SMARTS) is 2. The number of para-hydroxylation sites is 1. The lowest BCUT2D eigenvalue weighted by atomic mass is 10.1. The number of rotatable bonds is 9. The quantitative estimate of drug-likeness (QED) is 0.224. The molecule has 0 bridgehead atoms. The summed E-state index contributed by atoms with van der Waals surface area (Å²) in [4.78, 5) is 35.1. The molecule has 0 saturated heterocycles. The van der Waals surface area contributed by atoms with Gasteiger partial charge in [0.25, 0.3) is 0 Å². The van der Waals surface area contributed by atoms with E-state index in [1.165, 1.54) is 36.4 Å². The van der Waals surface area contributed by atoms with Gasteiger partial charge in [0, 0.05) is 13.1 Å². The number of carbonyl (C=O) groups is 3. The number of halogens is 3. The van der Waals surface area contributed by atoms with Crippen LogP contribution in [0.3, 0.4) is 0 Å². The molecule has 3 aromatic rings. The van der Waals surface area contributed by atoms with Crippen molar-refractivity contribution in [1.82, 2.24) is 10.6 Å². The SMILES string of the molecule is CCNC(=O)NCc1ccc(Nc2cc(C(F)(F)F)ccc2Nc2ccccc2C(=O)O)c(C(=O)O)c1. The molecule has 194 valence electrons. The molecular weight excluding hydrogens is 493 g/mol. The Hall–Kier alpha value is -4.74. The molecule has 0 aliphatic carbocycles. The zero-order chi connectivity index (χ0) is 27.2. The molecule has 0 heterocycles. The Labute approximate surface area is 209 Å². The second-order valence-electron chi connectivity index (χ2n) is 7.76. The van der Waals surface area contributed by atoms with Crippen molar-refractivity contribution in [3.8, 4) is 0 Å². The maximum Gasteiger partial charge on any atom is 0.416 e. The van der Waals surface area contributed by atoms with Crippen LogP contribution in [0.5, 0.6) is 0 Å². The Balaban J connectivity index is 2.00. The average Bonchev–Trinajstić information content (AvgIpc) is 2.84. The molecule has 0 aliphatic heterocycles. The van der Waals surface area contributed by atoms with Gasteiger partial charge in [0.1, 0.15) is 0 Å². The van der Waals surface area contributed by atoms with Gasteiger partial charge in [0.05, 0.1) is 39.4 Å². The van der Waals surface area contributed by atoms with Gasteiger partial charge in [0.15, 0.2) is 0 Å². The summed E-state index contributed by atoms with van der Waals surface area (Å²) >= 11 is 0. The van der Waals surface area contributed by atoms with Crippen molar-refractivity contribution in [1.29, 1.82) is 0 Å². The van der Waals surface area contributed by atoms with Gasteiger partial charge in [-0.15, -0.1) is 0 Å². The van der Waals surface area contributed by atoms with Crippen LogP contribution in [-0.2, 0) is 12.7 Å². The maximum absolute atomic E-state index is 13.4. The summed E-state index contributed by atoms with van der Waals surface area (Å²) in [6.07, 6.45) is -4.68. The van der Waals surface area contributed by atoms with Crippen LogP contribution in [0.2, 0.25) is 0 Å². The lowest BCUT2D eigenvalue weighted by Gasteiger charge is -2.19. The molecule has 0 saturated carbocycles. The van der Waals surface area contributed by atoms with Gasteiger partial charge in [-0.1, -0.05) is 18.2 Å². The van der Waals surface area contributed by atoms with E-state index >= 15 is 0 Å². The number of hydrogen-bond acceptors (Lipinski definition) is 5. The number of nitrogens with one attached hydrogen (secondary N) is 4. The molecule has 0 unspecified atom stereocenters. The van der Waals surface area contributed by atoms with Crippen molar-refractivity contribution in [3.63, 3.8) is 0 Å². The topological polar surface area (TPSA) is 140 Å². The number of aromatic carboxylic acids is 2. The summed E-state index contributed by atoms with van der Waals surface area (Å²) in [5, 5.41) is 29.8. The molecule has 37 heavy (non-hydrogen) atoms. The molecular formula is C25H23F3N4O5. The molecule has 3 aromatic carbocycles. The van der Waals surface area contributed by atoms with Crippen LogP contribution in [-0.4, -0.2) is 34.7 Å². The van der Waals surface area contributed by atoms with Gasteiger partial charge in [-0.05, 0) is 55.0 Å². The van der Waals surface area contributed by atoms with Gasteiger partial charge in [-0.3, -0.25) is 0 Å². The van der Waals surface area contributed by atoms with Crippen molar-refractivity contribution < 1.29 is 37.8 Å². The highest BCUT2D eigenvalue weighted by molar-refractivity contribution is 5.98. The third-order valence-electron chi connectivity index (χ3n) is 5.15. The van der Waals surface area contributed by atoms with E-state index in [1.54, 1.807) is 13.0 Å². The molecule has 0 fully saturated rings. The third kappa shape index (κ3) is 6.90. The first-order chi connectivity index (χ1) is 17.5. The van der Waals surface area contributed by atoms with Crippen LogP contribution in [0.15, 0.2) is 60.7 Å². The molecule has 2 amide bonds. The molecule has 0 radical (unpaired) electrons. The standard InChI is InChI=1S/C25H23F3N4O5/c1-2-29-24(37)30-13-14-7-9-19(17(11-14)23(35)36)32-21-12-15(25(26,27)28)8-10-20(21)31-18-6-4-3-5-16(18)22(33)34/h3-12,31-32H,2,13H2,1H3,(H,33,34)(H,35,36)(H2,29,30,37). The highest BCUT2D eigenvalue weighted by Crippen LogP contribution is 2.37. The predicted octanol–water partition coefficient (Wildman–Crippen LogP) is 5.41. The van der Waals surface area contributed by atoms with Crippen molar-refractivity contribution >= 4 is 40.7 Å². The molecule has 0 aromatic heterocycles. The summed E-state index contributed by atoms with van der Waals surface area (Å²) in [6.45, 7) is 2.16. The molecule has 0 atom stereocenters. The molecule has 0 aliphatic rings. The highest BCUT2D eigenvalue weighted by atomic mass is 19.4. The fourth-order valence-corrected chi connectivity index (χ4v) is 3.39. The number of urea groups is 1. The Kier molecular flexibility index (Phi) is 8.23. The van der Waals surface area contributed by atoms with Gasteiger partial charge in [0.2, 0.25) is 0 Å². The Bertz CT molecular complexity index is 1330. The molecule has 12 heteroatoms. The van der Waals surface area contributed by atoms with E-state index in [4.69, 9.17) is 0 Å². The van der Waals surface area contributed by atoms with Gasteiger partial charge in [-0.2, -0.15) is 13.2 Å². The van der Waals surface area contributed by atoms with Gasteiger partial charge in [-0.25, -0.2) is 14.4 Å². The predicted molar refractivity (Wildman–Crippen MR) is 131 cm³/mol. The zero-order valence-electron chi connectivity index (χ0n) is 19.4. The van der Waals surface area contributed by atoms with Gasteiger partial charge < -0.3 is 31.5 Å². The van der Waals surface area contributed by atoms with E-state index in [2.05, 4.69) is 21.3 Å². The lowest BCUT2D eigenvalue weighted by molar-refractivity contribution is -0.137. The van der Waals surface area contributed by atoms with E-state index < -0.39 is 29.7 Å². The Morgan fingerprint density at radius 3 is 2.03 bits per heavy atom. The minimum Gasteiger partial charge on any atom is -0.478 e. The van der Waals surface area contributed by atoms with Crippen LogP contribution in [0.4, 0.5) is 40.7 Å². The summed E-state index contributed by atoms with van der Waals surface area (Å²) in [5.41, 5.74) is -0.830. The van der Waals surface area contributed by atoms with E-state index in [0.29, 0.717) is 12.1 Å². The second kappa shape index (κ2) is 11.3. The van der Waals surface area contributed by atoms with Crippen molar-refractivity contribution in [2.45, 2.75) is 19.6 Å². The Morgan fingerprint density at radius 1 is 0.757 bits per heavy atom. The normalized spacial score (nSPS) is 10.9. The number of carboxylic acids is 2. The van der Waals surface area contributed by atoms with Crippen LogP contribution in [0, 0.1) is 0 Å². The monoisotopic (exact) mass is 516 g/mol. The third-order valence-corrected chi connectivity index (χ3v) is 5.15. The number of alkyl halides is 3. The molecule has 0 spiro atoms. The zero-order valence-corrected chi connectivity index (χ0v) is 19.4. The number of hydrogen-bond donors (Lipinski definition) is 6. The number of benzene rings is 3. The van der Waals surface area contributed by atoms with E-state index in [0.717, 1.165) is 18.2 Å². The van der Waals surface area contributed by atoms with Crippen LogP contribution in [0.25, 0.3) is 0 Å². The second-order valence-corrected chi connectivity index (χ2v) is 7.76. The number of amides is 2. The first-order valence-electron chi connectivity index (χ1n) is 10.9. The van der Waals surface area contributed by atoms with Crippen LogP contribution in [0.1, 0.15) is 38.8 Å². The number of carbonyl (C=O) groups excluding carboxylic acids is 1. The minimum atomic E-state index is -4.68. The van der Waals surface area contributed by atoms with E-state index in [9.17, 15) is 37.8 Å². The maximum atomic E-state index is 13.4. The fourth-order valence-electron chi connectivity index (χ4n) is 3.39. The largest absolute Gasteiger partial charge is 0.478 e. The Morgan fingerprint density at radius 2 is 1.38 bits per heavy atom. The first kappa shape index (κ1) is 26.9. The van der Waals surface area contributed by atoms with Crippen LogP contribution < -0.4 is 21.3 Å². The molecule has 3 rings (SSSR count). The average molecular weight is 516 g/mol.